The number of hydrogen-bond acceptors (Lipinski definition) is 9. The Morgan fingerprint density at radius 1 is 0.895 bits per heavy atom. The predicted octanol–water partition coefficient (Wildman–Crippen LogP) is 4.99. The lowest BCUT2D eigenvalue weighted by atomic mass is 10.1. The number of unbranched alkanes of at least 4 members (excludes halogenated alkanes) is 3. The van der Waals surface area contributed by atoms with Gasteiger partial charge in [-0.3, -0.25) is 0 Å². The van der Waals surface area contributed by atoms with Gasteiger partial charge in [-0.1, -0.05) is 0 Å². The Balaban J connectivity index is 2.18. The largest absolute Gasteiger partial charge is 0.500 e. The van der Waals surface area contributed by atoms with Gasteiger partial charge in [-0.25, -0.2) is 9.59 Å². The Kier molecular flexibility index (Phi) is 17.9. The first kappa shape index (κ1) is 33.4. The summed E-state index contributed by atoms with van der Waals surface area (Å²) < 4.78 is 38.5. The first-order valence-electron chi connectivity index (χ1n) is 13.3. The van der Waals surface area contributed by atoms with E-state index in [1.807, 2.05) is 32.9 Å². The Morgan fingerprint density at radius 3 is 2.16 bits per heavy atom. The smallest absolute Gasteiger partial charge is 0.496 e. The molecule has 1 aromatic rings. The average molecular weight is 556 g/mol. The van der Waals surface area contributed by atoms with E-state index in [-0.39, 0.29) is 0 Å². The first-order chi connectivity index (χ1) is 18.4. The second kappa shape index (κ2) is 20.4. The van der Waals surface area contributed by atoms with E-state index in [4.69, 9.17) is 27.5 Å². The molecule has 0 aromatic heterocycles. The topological polar surface area (TPSA) is 111 Å². The zero-order valence-electron chi connectivity index (χ0n) is 23.5. The second-order valence-corrected chi connectivity index (χ2v) is 10.9. The normalized spacial score (nSPS) is 11.4. The molecule has 1 rings (SSSR count). The van der Waals surface area contributed by atoms with Crippen LogP contribution < -0.4 is 14.8 Å². The standard InChI is InChI=1S/C27H45NO9Si/c1-6-35-38(36-7-2,37-8-3)21-13-18-28-27(30)34-20-12-10-9-11-19-33-24-16-14-23(25(22-24)31-4)15-17-26(29)32-5/h14-17,22H,6-13,18-21H2,1-5H3,(H,28,30). The number of rotatable bonds is 21. The van der Waals surface area contributed by atoms with Gasteiger partial charge in [0.1, 0.15) is 11.5 Å². The number of alkyl carbamates (subject to hydrolysis) is 1. The van der Waals surface area contributed by atoms with Gasteiger partial charge >= 0.3 is 20.9 Å². The third-order valence-corrected chi connectivity index (χ3v) is 8.52. The number of methoxy groups -OCH3 is 2. The zero-order chi connectivity index (χ0) is 28.1. The highest BCUT2D eigenvalue weighted by atomic mass is 28.4. The Morgan fingerprint density at radius 2 is 1.55 bits per heavy atom. The molecule has 1 aromatic carbocycles. The van der Waals surface area contributed by atoms with Crippen LogP contribution in [0.2, 0.25) is 6.04 Å². The van der Waals surface area contributed by atoms with Gasteiger partial charge in [0.15, 0.2) is 0 Å². The molecule has 0 aliphatic carbocycles. The van der Waals surface area contributed by atoms with Crippen molar-refractivity contribution in [2.75, 3.05) is 53.8 Å². The van der Waals surface area contributed by atoms with Crippen molar-refractivity contribution in [2.45, 2.75) is 58.9 Å². The maximum absolute atomic E-state index is 11.9. The van der Waals surface area contributed by atoms with Crippen molar-refractivity contribution in [1.82, 2.24) is 5.32 Å². The summed E-state index contributed by atoms with van der Waals surface area (Å²) >= 11 is 0. The summed E-state index contributed by atoms with van der Waals surface area (Å²) in [5, 5.41) is 2.78. The molecule has 0 fully saturated rings. The summed E-state index contributed by atoms with van der Waals surface area (Å²) in [5.74, 6) is 0.873. The van der Waals surface area contributed by atoms with Crippen molar-refractivity contribution in [1.29, 1.82) is 0 Å². The molecule has 1 amide bonds. The van der Waals surface area contributed by atoms with E-state index in [2.05, 4.69) is 10.1 Å². The number of carbonyl (C=O) groups is 2. The van der Waals surface area contributed by atoms with E-state index in [9.17, 15) is 9.59 Å². The van der Waals surface area contributed by atoms with Crippen molar-refractivity contribution in [3.05, 3.63) is 29.8 Å². The SMILES string of the molecule is CCO[Si](CCCNC(=O)OCCCCCCOc1ccc(C=CC(=O)OC)c(OC)c1)(OCC)OCC. The van der Waals surface area contributed by atoms with Crippen LogP contribution in [0.4, 0.5) is 4.79 Å². The molecule has 10 nitrogen and oxygen atoms in total. The molecule has 0 heterocycles. The molecule has 38 heavy (non-hydrogen) atoms. The summed E-state index contributed by atoms with van der Waals surface area (Å²) in [5.41, 5.74) is 0.755. The molecular weight excluding hydrogens is 510 g/mol. The summed E-state index contributed by atoms with van der Waals surface area (Å²) in [7, 11) is 0.216. The number of benzene rings is 1. The molecule has 1 N–H and O–H groups in total. The minimum absolute atomic E-state index is 0.375. The number of amides is 1. The van der Waals surface area contributed by atoms with Crippen LogP contribution in [0.3, 0.4) is 0 Å². The fraction of sp³-hybridized carbons (Fsp3) is 0.630. The molecule has 0 aliphatic heterocycles. The van der Waals surface area contributed by atoms with E-state index in [0.717, 1.165) is 31.2 Å². The maximum atomic E-state index is 11.9. The number of hydrogen-bond donors (Lipinski definition) is 1. The lowest BCUT2D eigenvalue weighted by Crippen LogP contribution is -2.46. The van der Waals surface area contributed by atoms with Gasteiger partial charge in [-0.2, -0.15) is 0 Å². The highest BCUT2D eigenvalue weighted by Gasteiger charge is 2.39. The Hall–Kier alpha value is -2.60. The summed E-state index contributed by atoms with van der Waals surface area (Å²) in [6.45, 7) is 8.80. The maximum Gasteiger partial charge on any atom is 0.500 e. The molecule has 216 valence electrons. The number of ether oxygens (including phenoxy) is 4. The van der Waals surface area contributed by atoms with Crippen molar-refractivity contribution in [3.63, 3.8) is 0 Å². The highest BCUT2D eigenvalue weighted by Crippen LogP contribution is 2.26. The lowest BCUT2D eigenvalue weighted by molar-refractivity contribution is -0.134. The molecule has 11 heteroatoms. The molecule has 0 saturated carbocycles. The molecule has 0 bridgehead atoms. The van der Waals surface area contributed by atoms with Crippen LogP contribution in [-0.2, 0) is 27.5 Å². The third-order valence-electron chi connectivity index (χ3n) is 5.37. The number of esters is 1. The molecular formula is C27H45NO9Si. The van der Waals surface area contributed by atoms with E-state index in [1.165, 1.54) is 13.2 Å². The van der Waals surface area contributed by atoms with E-state index >= 15 is 0 Å². The number of nitrogens with one attached hydrogen (secondary N) is 1. The zero-order valence-corrected chi connectivity index (χ0v) is 24.5. The van der Waals surface area contributed by atoms with Gasteiger partial charge in [-0.15, -0.1) is 0 Å². The molecule has 0 radical (unpaired) electrons. The van der Waals surface area contributed by atoms with Gasteiger partial charge in [-0.05, 0) is 71.1 Å². The highest BCUT2D eigenvalue weighted by molar-refractivity contribution is 6.60. The number of carbonyl (C=O) groups excluding carboxylic acids is 2. The van der Waals surface area contributed by atoms with Gasteiger partial charge < -0.3 is 37.5 Å². The van der Waals surface area contributed by atoms with E-state index in [0.29, 0.717) is 63.5 Å². The first-order valence-corrected chi connectivity index (χ1v) is 15.3. The van der Waals surface area contributed by atoms with Crippen LogP contribution in [0.25, 0.3) is 6.08 Å². The van der Waals surface area contributed by atoms with Gasteiger partial charge in [0.05, 0.1) is 27.4 Å². The minimum atomic E-state index is -2.68. The van der Waals surface area contributed by atoms with Crippen molar-refractivity contribution < 1.29 is 41.8 Å². The van der Waals surface area contributed by atoms with Crippen LogP contribution in [0.1, 0.15) is 58.4 Å². The molecule has 0 spiro atoms. The van der Waals surface area contributed by atoms with Gasteiger partial charge in [0.25, 0.3) is 0 Å². The van der Waals surface area contributed by atoms with Gasteiger partial charge in [0.2, 0.25) is 0 Å². The lowest BCUT2D eigenvalue weighted by Gasteiger charge is -2.28. The summed E-state index contributed by atoms with van der Waals surface area (Å²) in [6.07, 6.45) is 6.82. The third kappa shape index (κ3) is 13.8. The molecule has 0 saturated heterocycles. The summed E-state index contributed by atoms with van der Waals surface area (Å²) in [4.78, 5) is 23.2. The average Bonchev–Trinajstić information content (AvgIpc) is 2.91. The van der Waals surface area contributed by atoms with Crippen LogP contribution in [-0.4, -0.2) is 74.7 Å². The van der Waals surface area contributed by atoms with Crippen LogP contribution in [0.15, 0.2) is 24.3 Å². The van der Waals surface area contributed by atoms with Crippen LogP contribution in [0, 0.1) is 0 Å². The fourth-order valence-electron chi connectivity index (χ4n) is 3.60. The van der Waals surface area contributed by atoms with Crippen molar-refractivity contribution in [2.24, 2.45) is 0 Å². The Bertz CT molecular complexity index is 818. The molecule has 0 aliphatic rings. The molecule has 0 atom stereocenters. The van der Waals surface area contributed by atoms with E-state index < -0.39 is 20.9 Å². The van der Waals surface area contributed by atoms with Crippen molar-refractivity contribution >= 4 is 26.9 Å². The van der Waals surface area contributed by atoms with Crippen LogP contribution in [0.5, 0.6) is 11.5 Å². The Labute approximate surface area is 228 Å². The second-order valence-electron chi connectivity index (χ2n) is 8.17. The van der Waals surface area contributed by atoms with Crippen LogP contribution >= 0.6 is 0 Å². The molecule has 0 unspecified atom stereocenters. The fourth-order valence-corrected chi connectivity index (χ4v) is 6.22. The van der Waals surface area contributed by atoms with Gasteiger partial charge in [0, 0.05) is 50.1 Å². The predicted molar refractivity (Wildman–Crippen MR) is 147 cm³/mol. The van der Waals surface area contributed by atoms with E-state index in [1.54, 1.807) is 19.3 Å². The minimum Gasteiger partial charge on any atom is -0.496 e. The quantitative estimate of drug-likeness (QED) is 0.0971. The summed E-state index contributed by atoms with van der Waals surface area (Å²) in [6, 6.07) is 6.09. The van der Waals surface area contributed by atoms with Crippen molar-refractivity contribution in [3.8, 4) is 11.5 Å². The monoisotopic (exact) mass is 555 g/mol.